The summed E-state index contributed by atoms with van der Waals surface area (Å²) in [6, 6.07) is 17.8. The zero-order valence-corrected chi connectivity index (χ0v) is 15.7. The predicted octanol–water partition coefficient (Wildman–Crippen LogP) is 4.56. The third-order valence-corrected chi connectivity index (χ3v) is 4.46. The van der Waals surface area contributed by atoms with Crippen molar-refractivity contribution < 1.29 is 20.1 Å². The van der Waals surface area contributed by atoms with Crippen molar-refractivity contribution in [3.05, 3.63) is 71.7 Å². The van der Waals surface area contributed by atoms with Gasteiger partial charge in [-0.15, -0.1) is 29.3 Å². The first-order chi connectivity index (χ1) is 10.6. The second-order valence-electron chi connectivity index (χ2n) is 6.33. The number of benzene rings is 1. The van der Waals surface area contributed by atoms with Gasteiger partial charge in [0, 0.05) is 37.7 Å². The maximum absolute atomic E-state index is 4.82. The summed E-state index contributed by atoms with van der Waals surface area (Å²) in [5, 5.41) is 0. The van der Waals surface area contributed by atoms with Crippen molar-refractivity contribution in [2.24, 2.45) is 0 Å². The Labute approximate surface area is 150 Å². The summed E-state index contributed by atoms with van der Waals surface area (Å²) in [7, 11) is 0. The Hall–Kier alpha value is -1.83. The third kappa shape index (κ3) is 2.36. The van der Waals surface area contributed by atoms with Gasteiger partial charge in [0.05, 0.1) is 0 Å². The van der Waals surface area contributed by atoms with E-state index in [-0.39, 0.29) is 25.5 Å². The number of hydrogen-bond donors (Lipinski definition) is 0. The molecule has 1 aliphatic carbocycles. The van der Waals surface area contributed by atoms with E-state index in [4.69, 9.17) is 4.98 Å². The number of hydrogen-bond acceptors (Lipinski definition) is 2. The van der Waals surface area contributed by atoms with Gasteiger partial charge in [0.1, 0.15) is 0 Å². The van der Waals surface area contributed by atoms with Gasteiger partial charge >= 0.3 is 0 Å². The molecule has 0 spiro atoms. The molecular weight excluding hydrogens is 460 g/mol. The fraction of sp³-hybridized carbons (Fsp3) is 0.200. The molecule has 1 aromatic carbocycles. The number of rotatable bonds is 1. The average Bonchev–Trinajstić information content (AvgIpc) is 2.76. The van der Waals surface area contributed by atoms with E-state index in [9.17, 15) is 0 Å². The van der Waals surface area contributed by atoms with E-state index in [2.05, 4.69) is 43.1 Å². The van der Waals surface area contributed by atoms with Crippen LogP contribution in [-0.2, 0) is 25.5 Å². The van der Waals surface area contributed by atoms with Crippen molar-refractivity contribution in [2.75, 3.05) is 0 Å². The maximum Gasteiger partial charge on any atom is 0.0481 e. The molecule has 23 heavy (non-hydrogen) atoms. The van der Waals surface area contributed by atoms with Gasteiger partial charge in [-0.1, -0.05) is 37.6 Å². The molecule has 3 aromatic rings. The standard InChI is InChI=1S/C20H17N2.Ir/c1-13-10-11-15-14-7-6-8-16(17-9-4-5-12-21-17)18(14)20(2,3)19(15)22-13;/h4-7,9-12H,1-3H3;/q-1;. The first-order valence-corrected chi connectivity index (χ1v) is 7.54. The van der Waals surface area contributed by atoms with Crippen LogP contribution in [0.15, 0.2) is 48.7 Å². The van der Waals surface area contributed by atoms with Crippen molar-refractivity contribution in [2.45, 2.75) is 26.2 Å². The van der Waals surface area contributed by atoms with Gasteiger partial charge < -0.3 is 4.98 Å². The Morgan fingerprint density at radius 1 is 1.00 bits per heavy atom. The molecule has 1 radical (unpaired) electrons. The maximum atomic E-state index is 4.82. The zero-order valence-electron chi connectivity index (χ0n) is 13.3. The molecule has 2 nitrogen and oxygen atoms in total. The second-order valence-corrected chi connectivity index (χ2v) is 6.33. The summed E-state index contributed by atoms with van der Waals surface area (Å²) in [6.45, 7) is 6.53. The fourth-order valence-corrected chi connectivity index (χ4v) is 3.45. The van der Waals surface area contributed by atoms with Gasteiger partial charge in [-0.2, -0.15) is 0 Å². The van der Waals surface area contributed by atoms with Crippen LogP contribution in [0, 0.1) is 13.0 Å². The molecule has 0 unspecified atom stereocenters. The van der Waals surface area contributed by atoms with E-state index in [1.165, 1.54) is 16.7 Å². The molecule has 3 heteroatoms. The predicted molar refractivity (Wildman–Crippen MR) is 88.6 cm³/mol. The molecule has 1 aliphatic rings. The SMILES string of the molecule is Cc1ccc2c(n1)C(C)(C)c1c(-c3ccccn3)[c-]ccc1-2.[Ir]. The molecule has 0 bridgehead atoms. The Bertz CT molecular complexity index is 870. The van der Waals surface area contributed by atoms with Crippen LogP contribution in [0.1, 0.15) is 30.8 Å². The fourth-order valence-electron chi connectivity index (χ4n) is 3.45. The largest absolute Gasteiger partial charge is 0.305 e. The van der Waals surface area contributed by atoms with Crippen molar-refractivity contribution in [3.63, 3.8) is 0 Å². The normalized spacial score (nSPS) is 13.9. The number of aryl methyl sites for hydroxylation is 1. The Morgan fingerprint density at radius 3 is 2.57 bits per heavy atom. The van der Waals surface area contributed by atoms with Crippen LogP contribution in [0.5, 0.6) is 0 Å². The first-order valence-electron chi connectivity index (χ1n) is 7.54. The minimum Gasteiger partial charge on any atom is -0.305 e. The molecule has 0 N–H and O–H groups in total. The molecule has 4 rings (SSSR count). The molecule has 0 saturated heterocycles. The smallest absolute Gasteiger partial charge is 0.0481 e. The molecule has 0 atom stereocenters. The van der Waals surface area contributed by atoms with Crippen molar-refractivity contribution in [3.8, 4) is 22.4 Å². The molecule has 0 amide bonds. The summed E-state index contributed by atoms with van der Waals surface area (Å²) in [5.74, 6) is 0. The second kappa shape index (κ2) is 5.67. The van der Waals surface area contributed by atoms with Gasteiger partial charge in [0.2, 0.25) is 0 Å². The summed E-state index contributed by atoms with van der Waals surface area (Å²) in [5.41, 5.74) is 7.89. The average molecular weight is 478 g/mol. The Morgan fingerprint density at radius 2 is 1.83 bits per heavy atom. The van der Waals surface area contributed by atoms with Crippen molar-refractivity contribution in [1.29, 1.82) is 0 Å². The summed E-state index contributed by atoms with van der Waals surface area (Å²) >= 11 is 0. The number of pyridine rings is 2. The van der Waals surface area contributed by atoms with Crippen LogP contribution in [0.25, 0.3) is 22.4 Å². The van der Waals surface area contributed by atoms with Gasteiger partial charge in [-0.3, -0.25) is 4.98 Å². The summed E-state index contributed by atoms with van der Waals surface area (Å²) in [6.07, 6.45) is 1.83. The van der Waals surface area contributed by atoms with E-state index in [1.54, 1.807) is 0 Å². The van der Waals surface area contributed by atoms with Gasteiger partial charge in [0.25, 0.3) is 0 Å². The topological polar surface area (TPSA) is 25.8 Å². The van der Waals surface area contributed by atoms with Crippen molar-refractivity contribution >= 4 is 0 Å². The van der Waals surface area contributed by atoms with Crippen LogP contribution >= 0.6 is 0 Å². The molecule has 0 fully saturated rings. The van der Waals surface area contributed by atoms with E-state index in [0.717, 1.165) is 22.6 Å². The number of aromatic nitrogens is 2. The molecule has 2 heterocycles. The zero-order chi connectivity index (χ0) is 15.3. The molecule has 117 valence electrons. The van der Waals surface area contributed by atoms with E-state index >= 15 is 0 Å². The van der Waals surface area contributed by atoms with Crippen LogP contribution < -0.4 is 0 Å². The quantitative estimate of drug-likeness (QED) is 0.481. The minimum absolute atomic E-state index is 0. The Balaban J connectivity index is 0.00000156. The van der Waals surface area contributed by atoms with Crippen LogP contribution in [-0.4, -0.2) is 9.97 Å². The summed E-state index contributed by atoms with van der Waals surface area (Å²) in [4.78, 5) is 9.34. The number of nitrogens with zero attached hydrogens (tertiary/aromatic N) is 2. The minimum atomic E-state index is -0.138. The Kier molecular flexibility index (Phi) is 3.95. The van der Waals surface area contributed by atoms with Crippen molar-refractivity contribution in [1.82, 2.24) is 9.97 Å². The van der Waals surface area contributed by atoms with E-state index in [0.29, 0.717) is 0 Å². The molecule has 2 aromatic heterocycles. The van der Waals surface area contributed by atoms with E-state index in [1.807, 2.05) is 37.4 Å². The first kappa shape index (κ1) is 16.0. The van der Waals surface area contributed by atoms with Crippen LogP contribution in [0.4, 0.5) is 0 Å². The molecule has 0 saturated carbocycles. The number of fused-ring (bicyclic) bond motifs is 3. The van der Waals surface area contributed by atoms with Crippen LogP contribution in [0.3, 0.4) is 0 Å². The third-order valence-electron chi connectivity index (χ3n) is 4.46. The van der Waals surface area contributed by atoms with E-state index < -0.39 is 0 Å². The monoisotopic (exact) mass is 478 g/mol. The van der Waals surface area contributed by atoms with Gasteiger partial charge in [-0.25, -0.2) is 0 Å². The van der Waals surface area contributed by atoms with Gasteiger partial charge in [0.15, 0.2) is 0 Å². The molecular formula is C20H17IrN2-. The summed E-state index contributed by atoms with van der Waals surface area (Å²) < 4.78 is 0. The molecule has 0 aliphatic heterocycles. The van der Waals surface area contributed by atoms with Crippen LogP contribution in [0.2, 0.25) is 0 Å². The van der Waals surface area contributed by atoms with Gasteiger partial charge in [-0.05, 0) is 35.7 Å².